The molecule has 0 saturated heterocycles. The lowest BCUT2D eigenvalue weighted by atomic mass is 10.2. The van der Waals surface area contributed by atoms with Crippen molar-refractivity contribution in [2.45, 2.75) is 53.4 Å². The van der Waals surface area contributed by atoms with Gasteiger partial charge >= 0.3 is 0 Å². The minimum atomic E-state index is 0.994. The first-order chi connectivity index (χ1) is 8.69. The minimum Gasteiger partial charge on any atom is -0.250 e. The van der Waals surface area contributed by atoms with Gasteiger partial charge in [0.1, 0.15) is 0 Å². The Labute approximate surface area is 111 Å². The van der Waals surface area contributed by atoms with Crippen LogP contribution in [0.15, 0.2) is 12.2 Å². The molecule has 0 spiro atoms. The van der Waals surface area contributed by atoms with E-state index in [0.717, 1.165) is 35.6 Å². The average molecular weight is 244 g/mol. The summed E-state index contributed by atoms with van der Waals surface area (Å²) in [6, 6.07) is 0. The van der Waals surface area contributed by atoms with Crippen molar-refractivity contribution in [2.24, 2.45) is 0 Å². The number of aryl methyl sites for hydroxylation is 2. The molecule has 1 rings (SSSR count). The summed E-state index contributed by atoms with van der Waals surface area (Å²) >= 11 is 0. The maximum Gasteiger partial charge on any atom is 0.0842 e. The molecule has 1 aromatic rings. The van der Waals surface area contributed by atoms with Gasteiger partial charge in [-0.1, -0.05) is 38.8 Å². The van der Waals surface area contributed by atoms with Crippen LogP contribution in [0.5, 0.6) is 0 Å². The molecule has 0 unspecified atom stereocenters. The summed E-state index contributed by atoms with van der Waals surface area (Å²) in [6.45, 7) is 8.40. The van der Waals surface area contributed by atoms with Crippen LogP contribution < -0.4 is 0 Å². The SMILES string of the molecule is CCC/C=C/c1nc(C)c(/C=C/CCC)nc1C. The predicted molar refractivity (Wildman–Crippen MR) is 79.4 cm³/mol. The van der Waals surface area contributed by atoms with Crippen molar-refractivity contribution >= 4 is 12.2 Å². The second-order valence-electron chi connectivity index (χ2n) is 4.55. The molecule has 0 atom stereocenters. The van der Waals surface area contributed by atoms with Crippen LogP contribution in [0.25, 0.3) is 12.2 Å². The van der Waals surface area contributed by atoms with E-state index in [4.69, 9.17) is 0 Å². The van der Waals surface area contributed by atoms with Gasteiger partial charge in [-0.2, -0.15) is 0 Å². The molecule has 0 aromatic carbocycles. The first kappa shape index (κ1) is 14.6. The Morgan fingerprint density at radius 2 is 1.17 bits per heavy atom. The number of hydrogen-bond acceptors (Lipinski definition) is 2. The van der Waals surface area contributed by atoms with E-state index in [1.807, 2.05) is 13.8 Å². The van der Waals surface area contributed by atoms with Gasteiger partial charge in [0.25, 0.3) is 0 Å². The third-order valence-corrected chi connectivity index (χ3v) is 2.78. The molecular formula is C16H24N2. The Hall–Kier alpha value is -1.44. The van der Waals surface area contributed by atoms with Crippen molar-refractivity contribution in [3.8, 4) is 0 Å². The van der Waals surface area contributed by atoms with Crippen LogP contribution in [0.1, 0.15) is 62.3 Å². The highest BCUT2D eigenvalue weighted by atomic mass is 14.8. The molecule has 1 aromatic heterocycles. The van der Waals surface area contributed by atoms with Gasteiger partial charge in [-0.05, 0) is 38.8 Å². The van der Waals surface area contributed by atoms with Crippen LogP contribution in [0.2, 0.25) is 0 Å². The molecule has 2 nitrogen and oxygen atoms in total. The average Bonchev–Trinajstić information content (AvgIpc) is 2.35. The van der Waals surface area contributed by atoms with E-state index in [1.165, 1.54) is 12.8 Å². The molecule has 0 saturated carbocycles. The zero-order valence-electron chi connectivity index (χ0n) is 12.0. The quantitative estimate of drug-likeness (QED) is 0.723. The predicted octanol–water partition coefficient (Wildman–Crippen LogP) is 4.72. The lowest BCUT2D eigenvalue weighted by Crippen LogP contribution is -1.98. The molecule has 0 radical (unpaired) electrons. The highest BCUT2D eigenvalue weighted by Crippen LogP contribution is 2.12. The summed E-state index contributed by atoms with van der Waals surface area (Å²) < 4.78 is 0. The van der Waals surface area contributed by atoms with E-state index in [0.29, 0.717) is 0 Å². The van der Waals surface area contributed by atoms with Gasteiger partial charge in [-0.25, -0.2) is 9.97 Å². The molecule has 0 bridgehead atoms. The summed E-state index contributed by atoms with van der Waals surface area (Å²) in [5.74, 6) is 0. The summed E-state index contributed by atoms with van der Waals surface area (Å²) in [4.78, 5) is 9.25. The second kappa shape index (κ2) is 7.80. The van der Waals surface area contributed by atoms with E-state index in [2.05, 4.69) is 48.1 Å². The van der Waals surface area contributed by atoms with Crippen LogP contribution in [-0.2, 0) is 0 Å². The number of rotatable bonds is 6. The molecular weight excluding hydrogens is 220 g/mol. The van der Waals surface area contributed by atoms with Crippen LogP contribution >= 0.6 is 0 Å². The zero-order valence-corrected chi connectivity index (χ0v) is 12.0. The molecule has 18 heavy (non-hydrogen) atoms. The number of aromatic nitrogens is 2. The van der Waals surface area contributed by atoms with Crippen molar-refractivity contribution in [1.29, 1.82) is 0 Å². The first-order valence-electron chi connectivity index (χ1n) is 6.87. The van der Waals surface area contributed by atoms with E-state index < -0.39 is 0 Å². The van der Waals surface area contributed by atoms with Gasteiger partial charge in [0, 0.05) is 0 Å². The number of nitrogens with zero attached hydrogens (tertiary/aromatic N) is 2. The van der Waals surface area contributed by atoms with Crippen LogP contribution in [0.4, 0.5) is 0 Å². The second-order valence-corrected chi connectivity index (χ2v) is 4.55. The van der Waals surface area contributed by atoms with Gasteiger partial charge < -0.3 is 0 Å². The lowest BCUT2D eigenvalue weighted by Gasteiger charge is -2.04. The Morgan fingerprint density at radius 3 is 1.50 bits per heavy atom. The van der Waals surface area contributed by atoms with Crippen molar-refractivity contribution in [3.63, 3.8) is 0 Å². The highest BCUT2D eigenvalue weighted by molar-refractivity contribution is 5.52. The third-order valence-electron chi connectivity index (χ3n) is 2.78. The van der Waals surface area contributed by atoms with E-state index in [1.54, 1.807) is 0 Å². The van der Waals surface area contributed by atoms with Crippen molar-refractivity contribution in [1.82, 2.24) is 9.97 Å². The van der Waals surface area contributed by atoms with E-state index in [-0.39, 0.29) is 0 Å². The monoisotopic (exact) mass is 244 g/mol. The maximum atomic E-state index is 4.62. The molecule has 98 valence electrons. The smallest absolute Gasteiger partial charge is 0.0842 e. The molecule has 0 N–H and O–H groups in total. The van der Waals surface area contributed by atoms with Crippen LogP contribution in [0, 0.1) is 13.8 Å². The summed E-state index contributed by atoms with van der Waals surface area (Å²) in [6.07, 6.45) is 13.0. The normalized spacial score (nSPS) is 11.8. The molecule has 2 heteroatoms. The lowest BCUT2D eigenvalue weighted by molar-refractivity contribution is 0.957. The van der Waals surface area contributed by atoms with Crippen molar-refractivity contribution < 1.29 is 0 Å². The fraction of sp³-hybridized carbons (Fsp3) is 0.500. The van der Waals surface area contributed by atoms with Crippen LogP contribution in [0.3, 0.4) is 0 Å². The molecule has 0 amide bonds. The summed E-state index contributed by atoms with van der Waals surface area (Å²) in [7, 11) is 0. The standard InChI is InChI=1S/C16H24N2/c1-5-7-9-11-15-13(3)18-16(14(4)17-15)12-10-8-6-2/h9-12H,5-8H2,1-4H3/b11-9+,12-10+. The molecule has 0 aliphatic heterocycles. The van der Waals surface area contributed by atoms with E-state index in [9.17, 15) is 0 Å². The maximum absolute atomic E-state index is 4.62. The molecule has 0 aliphatic carbocycles. The number of hydrogen-bond donors (Lipinski definition) is 0. The Kier molecular flexibility index (Phi) is 6.34. The van der Waals surface area contributed by atoms with Crippen molar-refractivity contribution in [2.75, 3.05) is 0 Å². The molecule has 1 heterocycles. The molecule has 0 aliphatic rings. The zero-order chi connectivity index (χ0) is 13.4. The van der Waals surface area contributed by atoms with Gasteiger partial charge in [-0.15, -0.1) is 0 Å². The van der Waals surface area contributed by atoms with E-state index >= 15 is 0 Å². The van der Waals surface area contributed by atoms with Crippen molar-refractivity contribution in [3.05, 3.63) is 34.9 Å². The van der Waals surface area contributed by atoms with Gasteiger partial charge in [0.2, 0.25) is 0 Å². The minimum absolute atomic E-state index is 0.994. The fourth-order valence-electron chi connectivity index (χ4n) is 1.68. The summed E-state index contributed by atoms with van der Waals surface area (Å²) in [5, 5.41) is 0. The Balaban J connectivity index is 2.90. The fourth-order valence-corrected chi connectivity index (χ4v) is 1.68. The van der Waals surface area contributed by atoms with Gasteiger partial charge in [0.05, 0.1) is 22.8 Å². The highest BCUT2D eigenvalue weighted by Gasteiger charge is 2.03. The third kappa shape index (κ3) is 4.44. The number of unbranched alkanes of at least 4 members (excludes halogenated alkanes) is 2. The number of allylic oxidation sites excluding steroid dienone is 2. The first-order valence-corrected chi connectivity index (χ1v) is 6.87. The topological polar surface area (TPSA) is 25.8 Å². The summed E-state index contributed by atoms with van der Waals surface area (Å²) in [5.41, 5.74) is 4.00. The van der Waals surface area contributed by atoms with Gasteiger partial charge in [-0.3, -0.25) is 0 Å². The largest absolute Gasteiger partial charge is 0.250 e. The van der Waals surface area contributed by atoms with Crippen LogP contribution in [-0.4, -0.2) is 9.97 Å². The van der Waals surface area contributed by atoms with Gasteiger partial charge in [0.15, 0.2) is 0 Å². The Bertz CT molecular complexity index is 389. The Morgan fingerprint density at radius 1 is 0.778 bits per heavy atom. The molecule has 0 fully saturated rings.